The number of halogens is 1. The quantitative estimate of drug-likeness (QED) is 0.743. The molecule has 0 aliphatic rings. The van der Waals surface area contributed by atoms with Crippen LogP contribution in [0.1, 0.15) is 5.56 Å². The molecule has 0 atom stereocenters. The second kappa shape index (κ2) is 5.60. The Kier molecular flexibility index (Phi) is 3.66. The Morgan fingerprint density at radius 2 is 2.30 bits per heavy atom. The van der Waals surface area contributed by atoms with E-state index in [1.807, 2.05) is 17.5 Å². The predicted molar refractivity (Wildman–Crippen MR) is 78.2 cm³/mol. The van der Waals surface area contributed by atoms with E-state index in [1.54, 1.807) is 35.7 Å². The lowest BCUT2D eigenvalue weighted by molar-refractivity contribution is 0.399. The average molecular weight is 307 g/mol. The zero-order valence-electron chi connectivity index (χ0n) is 10.7. The van der Waals surface area contributed by atoms with Crippen LogP contribution in [0.25, 0.3) is 10.4 Å². The van der Waals surface area contributed by atoms with Crippen LogP contribution in [0.15, 0.2) is 36.4 Å². The second-order valence-corrected chi connectivity index (χ2v) is 5.47. The van der Waals surface area contributed by atoms with E-state index in [1.165, 1.54) is 6.33 Å². The largest absolute Gasteiger partial charge is 0.481 e. The fraction of sp³-hybridized carbons (Fsp3) is 0.154. The van der Waals surface area contributed by atoms with Crippen LogP contribution in [0.2, 0.25) is 5.02 Å². The van der Waals surface area contributed by atoms with E-state index in [9.17, 15) is 0 Å². The van der Waals surface area contributed by atoms with E-state index >= 15 is 0 Å². The molecule has 0 radical (unpaired) electrons. The third kappa shape index (κ3) is 2.66. The summed E-state index contributed by atoms with van der Waals surface area (Å²) in [6, 6.07) is 3.95. The van der Waals surface area contributed by atoms with Gasteiger partial charge in [-0.25, -0.2) is 14.6 Å². The first-order valence-corrected chi connectivity index (χ1v) is 7.12. The molecule has 0 amide bonds. The Hall–Kier alpha value is -1.92. The SMILES string of the molecule is COc1ncc(Cn2cncn2)cc1-c1cc(Cl)cs1. The van der Waals surface area contributed by atoms with Gasteiger partial charge in [-0.3, -0.25) is 0 Å². The highest BCUT2D eigenvalue weighted by Gasteiger charge is 2.11. The number of nitrogens with zero attached hydrogens (tertiary/aromatic N) is 4. The molecule has 7 heteroatoms. The highest BCUT2D eigenvalue weighted by Crippen LogP contribution is 2.35. The number of ether oxygens (including phenoxy) is 1. The molecule has 102 valence electrons. The summed E-state index contributed by atoms with van der Waals surface area (Å²) in [6.45, 7) is 0.614. The van der Waals surface area contributed by atoms with Gasteiger partial charge in [0.1, 0.15) is 12.7 Å². The summed E-state index contributed by atoms with van der Waals surface area (Å²) in [7, 11) is 1.61. The van der Waals surface area contributed by atoms with Gasteiger partial charge in [0.2, 0.25) is 5.88 Å². The molecule has 0 bridgehead atoms. The van der Waals surface area contributed by atoms with Gasteiger partial charge in [-0.2, -0.15) is 5.10 Å². The van der Waals surface area contributed by atoms with Crippen molar-refractivity contribution in [2.45, 2.75) is 6.54 Å². The molecular formula is C13H11ClN4OS. The summed E-state index contributed by atoms with van der Waals surface area (Å²) in [4.78, 5) is 9.30. The topological polar surface area (TPSA) is 52.8 Å². The minimum absolute atomic E-state index is 0.589. The first-order chi connectivity index (χ1) is 9.76. The van der Waals surface area contributed by atoms with Gasteiger partial charge >= 0.3 is 0 Å². The number of thiophene rings is 1. The fourth-order valence-corrected chi connectivity index (χ4v) is 2.96. The molecule has 0 aromatic carbocycles. The van der Waals surface area contributed by atoms with Crippen LogP contribution in [0, 0.1) is 0 Å². The zero-order chi connectivity index (χ0) is 13.9. The lowest BCUT2D eigenvalue weighted by Crippen LogP contribution is -2.01. The summed E-state index contributed by atoms with van der Waals surface area (Å²) in [5.74, 6) is 0.589. The van der Waals surface area contributed by atoms with E-state index in [0.29, 0.717) is 17.4 Å². The van der Waals surface area contributed by atoms with E-state index in [4.69, 9.17) is 16.3 Å². The van der Waals surface area contributed by atoms with Crippen LogP contribution >= 0.6 is 22.9 Å². The maximum absolute atomic E-state index is 5.99. The molecule has 0 saturated heterocycles. The van der Waals surface area contributed by atoms with Crippen molar-refractivity contribution in [3.05, 3.63) is 47.0 Å². The van der Waals surface area contributed by atoms with Crippen LogP contribution in [-0.2, 0) is 6.54 Å². The summed E-state index contributed by atoms with van der Waals surface area (Å²) in [6.07, 6.45) is 4.96. The molecule has 3 rings (SSSR count). The molecule has 0 unspecified atom stereocenters. The predicted octanol–water partition coefficient (Wildman–Crippen LogP) is 3.11. The second-order valence-electron chi connectivity index (χ2n) is 4.12. The normalized spacial score (nSPS) is 10.7. The number of hydrogen-bond donors (Lipinski definition) is 0. The number of aromatic nitrogens is 4. The van der Waals surface area contributed by atoms with E-state index < -0.39 is 0 Å². The van der Waals surface area contributed by atoms with Gasteiger partial charge in [0.05, 0.1) is 24.2 Å². The number of rotatable bonds is 4. The molecule has 20 heavy (non-hydrogen) atoms. The van der Waals surface area contributed by atoms with Crippen molar-refractivity contribution >= 4 is 22.9 Å². The first kappa shape index (κ1) is 13.1. The van der Waals surface area contributed by atoms with Crippen molar-refractivity contribution in [2.75, 3.05) is 7.11 Å². The van der Waals surface area contributed by atoms with Gasteiger partial charge in [0, 0.05) is 16.5 Å². The Morgan fingerprint density at radius 1 is 1.40 bits per heavy atom. The third-order valence-electron chi connectivity index (χ3n) is 2.75. The van der Waals surface area contributed by atoms with Crippen LogP contribution in [0.4, 0.5) is 0 Å². The Bertz CT molecular complexity index is 711. The smallest absolute Gasteiger partial charge is 0.221 e. The summed E-state index contributed by atoms with van der Waals surface area (Å²) in [5, 5.41) is 6.69. The van der Waals surface area contributed by atoms with Crippen molar-refractivity contribution in [2.24, 2.45) is 0 Å². The average Bonchev–Trinajstić information content (AvgIpc) is 3.10. The number of pyridine rings is 1. The Labute approximate surface area is 124 Å². The lowest BCUT2D eigenvalue weighted by atomic mass is 10.1. The molecule has 3 heterocycles. The van der Waals surface area contributed by atoms with Crippen molar-refractivity contribution in [1.29, 1.82) is 0 Å². The molecule has 5 nitrogen and oxygen atoms in total. The molecule has 0 fully saturated rings. The Balaban J connectivity index is 1.98. The standard InChI is InChI=1S/C13H11ClN4OS/c1-19-13-11(12-3-10(14)6-20-12)2-9(4-16-13)5-18-8-15-7-17-18/h2-4,6-8H,5H2,1H3. The molecule has 0 saturated carbocycles. The number of methoxy groups -OCH3 is 1. The maximum Gasteiger partial charge on any atom is 0.221 e. The molecule has 0 N–H and O–H groups in total. The molecule has 3 aromatic rings. The van der Waals surface area contributed by atoms with Gasteiger partial charge in [-0.1, -0.05) is 11.6 Å². The van der Waals surface area contributed by atoms with Crippen molar-refractivity contribution < 1.29 is 4.74 Å². The van der Waals surface area contributed by atoms with E-state index in [-0.39, 0.29) is 0 Å². The summed E-state index contributed by atoms with van der Waals surface area (Å²) >= 11 is 7.55. The van der Waals surface area contributed by atoms with E-state index in [0.717, 1.165) is 16.0 Å². The Morgan fingerprint density at radius 3 is 2.95 bits per heavy atom. The molecule has 0 aliphatic carbocycles. The van der Waals surface area contributed by atoms with Crippen LogP contribution in [0.3, 0.4) is 0 Å². The van der Waals surface area contributed by atoms with Gasteiger partial charge in [-0.05, 0) is 17.7 Å². The highest BCUT2D eigenvalue weighted by atomic mass is 35.5. The van der Waals surface area contributed by atoms with Crippen molar-refractivity contribution in [1.82, 2.24) is 19.7 Å². The van der Waals surface area contributed by atoms with Crippen molar-refractivity contribution in [3.63, 3.8) is 0 Å². The van der Waals surface area contributed by atoms with Crippen LogP contribution in [0.5, 0.6) is 5.88 Å². The highest BCUT2D eigenvalue weighted by molar-refractivity contribution is 7.14. The lowest BCUT2D eigenvalue weighted by Gasteiger charge is -2.08. The van der Waals surface area contributed by atoms with Crippen LogP contribution in [-0.4, -0.2) is 26.9 Å². The first-order valence-electron chi connectivity index (χ1n) is 5.86. The molecule has 0 spiro atoms. The van der Waals surface area contributed by atoms with Gasteiger partial charge in [0.15, 0.2) is 0 Å². The molecule has 0 aliphatic heterocycles. The monoisotopic (exact) mass is 306 g/mol. The van der Waals surface area contributed by atoms with Gasteiger partial charge < -0.3 is 4.74 Å². The third-order valence-corrected chi connectivity index (χ3v) is 4.06. The van der Waals surface area contributed by atoms with Crippen LogP contribution < -0.4 is 4.74 Å². The minimum atomic E-state index is 0.589. The number of hydrogen-bond acceptors (Lipinski definition) is 5. The summed E-state index contributed by atoms with van der Waals surface area (Å²) < 4.78 is 7.06. The molecule has 3 aromatic heterocycles. The summed E-state index contributed by atoms with van der Waals surface area (Å²) in [5.41, 5.74) is 1.96. The van der Waals surface area contributed by atoms with Gasteiger partial charge in [0.25, 0.3) is 0 Å². The van der Waals surface area contributed by atoms with Crippen molar-refractivity contribution in [3.8, 4) is 16.3 Å². The van der Waals surface area contributed by atoms with Gasteiger partial charge in [-0.15, -0.1) is 11.3 Å². The maximum atomic E-state index is 5.99. The van der Waals surface area contributed by atoms with E-state index in [2.05, 4.69) is 15.1 Å². The molecular weight excluding hydrogens is 296 g/mol. The zero-order valence-corrected chi connectivity index (χ0v) is 12.2. The fourth-order valence-electron chi connectivity index (χ4n) is 1.88. The minimum Gasteiger partial charge on any atom is -0.481 e.